The Morgan fingerprint density at radius 1 is 1.23 bits per heavy atom. The van der Waals surface area contributed by atoms with Crippen LogP contribution in [0.5, 0.6) is 0 Å². The number of carbonyl (C=O) groups is 2. The van der Waals surface area contributed by atoms with E-state index in [0.717, 1.165) is 35.4 Å². The van der Waals surface area contributed by atoms with Crippen LogP contribution in [0.3, 0.4) is 0 Å². The minimum atomic E-state index is -0.575. The summed E-state index contributed by atoms with van der Waals surface area (Å²) in [5.41, 5.74) is 2.11. The maximum Gasteiger partial charge on any atom is 0.249 e. The molecular weight excluding hydrogens is 348 g/mol. The molecule has 2 aromatic rings. The van der Waals surface area contributed by atoms with Crippen molar-refractivity contribution < 1.29 is 9.59 Å². The van der Waals surface area contributed by atoms with Gasteiger partial charge in [0.1, 0.15) is 11.0 Å². The highest BCUT2D eigenvalue weighted by molar-refractivity contribution is 7.18. The van der Waals surface area contributed by atoms with Gasteiger partial charge in [0.25, 0.3) is 0 Å². The van der Waals surface area contributed by atoms with E-state index in [2.05, 4.69) is 20.8 Å². The molecule has 1 fully saturated rings. The average molecular weight is 372 g/mol. The number of rotatable bonds is 6. The van der Waals surface area contributed by atoms with E-state index in [9.17, 15) is 9.59 Å². The molecule has 1 atom stereocenters. The summed E-state index contributed by atoms with van der Waals surface area (Å²) in [7, 11) is 0. The molecule has 2 amide bonds. The summed E-state index contributed by atoms with van der Waals surface area (Å²) in [4.78, 5) is 24.8. The van der Waals surface area contributed by atoms with Crippen LogP contribution in [0.4, 0.5) is 5.13 Å². The van der Waals surface area contributed by atoms with Crippen molar-refractivity contribution in [3.63, 3.8) is 0 Å². The van der Waals surface area contributed by atoms with Crippen LogP contribution >= 0.6 is 11.3 Å². The molecule has 0 saturated heterocycles. The van der Waals surface area contributed by atoms with Gasteiger partial charge in [0.2, 0.25) is 16.9 Å². The van der Waals surface area contributed by atoms with E-state index in [1.54, 1.807) is 0 Å². The molecule has 1 heterocycles. The molecule has 1 unspecified atom stereocenters. The Morgan fingerprint density at radius 3 is 2.62 bits per heavy atom. The van der Waals surface area contributed by atoms with Gasteiger partial charge in [-0.05, 0) is 31.7 Å². The molecule has 1 saturated carbocycles. The third kappa shape index (κ3) is 4.27. The van der Waals surface area contributed by atoms with Gasteiger partial charge >= 0.3 is 0 Å². The Hall–Kier alpha value is -2.28. The molecule has 26 heavy (non-hydrogen) atoms. The molecule has 0 radical (unpaired) electrons. The number of hydrogen-bond donors (Lipinski definition) is 2. The Kier molecular flexibility index (Phi) is 5.66. The summed E-state index contributed by atoms with van der Waals surface area (Å²) in [6, 6.07) is 7.41. The lowest BCUT2D eigenvalue weighted by Gasteiger charge is -2.28. The summed E-state index contributed by atoms with van der Waals surface area (Å²) in [5, 5.41) is 15.1. The van der Waals surface area contributed by atoms with Crippen molar-refractivity contribution in [2.45, 2.75) is 46.1 Å². The minimum absolute atomic E-state index is 0.0109. The Labute approximate surface area is 157 Å². The fraction of sp³-hybridized carbons (Fsp3) is 0.474. The van der Waals surface area contributed by atoms with Crippen molar-refractivity contribution in [2.75, 3.05) is 5.32 Å². The van der Waals surface area contributed by atoms with Gasteiger partial charge in [-0.25, -0.2) is 0 Å². The Balaban J connectivity index is 1.66. The summed E-state index contributed by atoms with van der Waals surface area (Å²) in [6.45, 7) is 5.86. The van der Waals surface area contributed by atoms with Gasteiger partial charge in [0, 0.05) is 11.5 Å². The molecule has 6 nitrogen and oxygen atoms in total. The molecule has 1 aromatic carbocycles. The van der Waals surface area contributed by atoms with E-state index in [1.807, 2.05) is 45.0 Å². The number of carbonyl (C=O) groups excluding carboxylic acids is 2. The number of aryl methyl sites for hydroxylation is 1. The van der Waals surface area contributed by atoms with Crippen LogP contribution in [0.25, 0.3) is 10.6 Å². The second-order valence-corrected chi connectivity index (χ2v) is 8.11. The first-order valence-electron chi connectivity index (χ1n) is 8.96. The van der Waals surface area contributed by atoms with Crippen molar-refractivity contribution >= 4 is 28.3 Å². The van der Waals surface area contributed by atoms with E-state index in [1.165, 1.54) is 11.3 Å². The van der Waals surface area contributed by atoms with Crippen molar-refractivity contribution in [1.82, 2.24) is 15.5 Å². The summed E-state index contributed by atoms with van der Waals surface area (Å²) < 4.78 is 0. The summed E-state index contributed by atoms with van der Waals surface area (Å²) >= 11 is 1.33. The zero-order valence-electron chi connectivity index (χ0n) is 15.3. The first-order chi connectivity index (χ1) is 12.4. The molecule has 0 spiro atoms. The van der Waals surface area contributed by atoms with E-state index >= 15 is 0 Å². The zero-order valence-corrected chi connectivity index (χ0v) is 16.1. The standard InChI is InChI=1S/C19H24N4O2S/c1-11(2)15(20-16(24)13-7-5-8-13)17(25)21-19-23-22-18(26-19)14-9-4-6-12(3)10-14/h4,6,9-11,13,15H,5,7-8H2,1-3H3,(H,20,24)(H,21,23,25). The smallest absolute Gasteiger partial charge is 0.249 e. The number of nitrogens with one attached hydrogen (secondary N) is 2. The predicted molar refractivity (Wildman–Crippen MR) is 103 cm³/mol. The number of aromatic nitrogens is 2. The molecule has 1 aliphatic carbocycles. The lowest BCUT2D eigenvalue weighted by Crippen LogP contribution is -2.49. The van der Waals surface area contributed by atoms with Crippen LogP contribution in [0.2, 0.25) is 0 Å². The summed E-state index contributed by atoms with van der Waals surface area (Å²) in [6.07, 6.45) is 2.91. The van der Waals surface area contributed by atoms with Crippen LogP contribution in [0.1, 0.15) is 38.7 Å². The maximum absolute atomic E-state index is 12.6. The topological polar surface area (TPSA) is 84.0 Å². The largest absolute Gasteiger partial charge is 0.344 e. The van der Waals surface area contributed by atoms with Gasteiger partial charge in [0.15, 0.2) is 0 Å². The first-order valence-corrected chi connectivity index (χ1v) is 9.77. The molecule has 1 aliphatic rings. The quantitative estimate of drug-likeness (QED) is 0.814. The van der Waals surface area contributed by atoms with Crippen LogP contribution in [-0.4, -0.2) is 28.1 Å². The van der Waals surface area contributed by atoms with Crippen molar-refractivity contribution in [2.24, 2.45) is 11.8 Å². The van der Waals surface area contributed by atoms with Crippen LogP contribution < -0.4 is 10.6 Å². The number of amides is 2. The molecular formula is C19H24N4O2S. The van der Waals surface area contributed by atoms with Crippen molar-refractivity contribution in [3.8, 4) is 10.6 Å². The third-order valence-electron chi connectivity index (χ3n) is 4.64. The van der Waals surface area contributed by atoms with Gasteiger partial charge in [-0.3, -0.25) is 14.9 Å². The average Bonchev–Trinajstić information content (AvgIpc) is 2.99. The lowest BCUT2D eigenvalue weighted by molar-refractivity contribution is -0.131. The molecule has 1 aromatic heterocycles. The second kappa shape index (κ2) is 7.95. The van der Waals surface area contributed by atoms with Crippen molar-refractivity contribution in [1.29, 1.82) is 0 Å². The zero-order chi connectivity index (χ0) is 18.7. The minimum Gasteiger partial charge on any atom is -0.344 e. The Morgan fingerprint density at radius 2 is 2.00 bits per heavy atom. The molecule has 0 aliphatic heterocycles. The number of benzene rings is 1. The fourth-order valence-electron chi connectivity index (χ4n) is 2.83. The molecule has 138 valence electrons. The highest BCUT2D eigenvalue weighted by Crippen LogP contribution is 2.28. The fourth-order valence-corrected chi connectivity index (χ4v) is 3.57. The van der Waals surface area contributed by atoms with Gasteiger partial charge in [-0.15, -0.1) is 10.2 Å². The van der Waals surface area contributed by atoms with Crippen LogP contribution in [0, 0.1) is 18.8 Å². The number of anilines is 1. The maximum atomic E-state index is 12.6. The SMILES string of the molecule is Cc1cccc(-c2nnc(NC(=O)C(NC(=O)C3CCC3)C(C)C)s2)c1. The molecule has 7 heteroatoms. The van der Waals surface area contributed by atoms with Crippen LogP contribution in [0.15, 0.2) is 24.3 Å². The van der Waals surface area contributed by atoms with Gasteiger partial charge in [0.05, 0.1) is 0 Å². The Bertz CT molecular complexity index is 798. The second-order valence-electron chi connectivity index (χ2n) is 7.13. The van der Waals surface area contributed by atoms with Gasteiger partial charge < -0.3 is 5.32 Å². The van der Waals surface area contributed by atoms with E-state index in [0.29, 0.717) is 5.13 Å². The van der Waals surface area contributed by atoms with Crippen LogP contribution in [-0.2, 0) is 9.59 Å². The molecule has 3 rings (SSSR count). The molecule has 2 N–H and O–H groups in total. The monoisotopic (exact) mass is 372 g/mol. The normalized spacial score (nSPS) is 15.4. The van der Waals surface area contributed by atoms with Crippen molar-refractivity contribution in [3.05, 3.63) is 29.8 Å². The lowest BCUT2D eigenvalue weighted by atomic mass is 9.84. The number of hydrogen-bond acceptors (Lipinski definition) is 5. The third-order valence-corrected chi connectivity index (χ3v) is 5.53. The first kappa shape index (κ1) is 18.5. The van der Waals surface area contributed by atoms with E-state index in [-0.39, 0.29) is 23.7 Å². The van der Waals surface area contributed by atoms with E-state index < -0.39 is 6.04 Å². The van der Waals surface area contributed by atoms with E-state index in [4.69, 9.17) is 0 Å². The predicted octanol–water partition coefficient (Wildman–Crippen LogP) is 3.39. The van der Waals surface area contributed by atoms with Gasteiger partial charge in [-0.2, -0.15) is 0 Å². The molecule has 0 bridgehead atoms. The highest BCUT2D eigenvalue weighted by Gasteiger charge is 2.31. The number of nitrogens with zero attached hydrogens (tertiary/aromatic N) is 2. The van der Waals surface area contributed by atoms with Gasteiger partial charge in [-0.1, -0.05) is 55.4 Å². The highest BCUT2D eigenvalue weighted by atomic mass is 32.1. The summed E-state index contributed by atoms with van der Waals surface area (Å²) in [5.74, 6) is -0.232.